The summed E-state index contributed by atoms with van der Waals surface area (Å²) in [5, 5.41) is 0. The van der Waals surface area contributed by atoms with Crippen molar-refractivity contribution in [1.29, 1.82) is 0 Å². The van der Waals surface area contributed by atoms with Gasteiger partial charge in [-0.15, -0.1) is 0 Å². The van der Waals surface area contributed by atoms with Crippen molar-refractivity contribution in [1.82, 2.24) is 0 Å². The molecule has 0 fully saturated rings. The van der Waals surface area contributed by atoms with Gasteiger partial charge in [-0.1, -0.05) is 51.2 Å². The van der Waals surface area contributed by atoms with Crippen LogP contribution in [0.4, 0.5) is 0 Å². The number of ether oxygens (including phenoxy) is 2. The second-order valence-electron chi connectivity index (χ2n) is 5.39. The molecule has 0 heterocycles. The number of benzene rings is 1. The molecule has 0 radical (unpaired) electrons. The van der Waals surface area contributed by atoms with Gasteiger partial charge in [0.05, 0.1) is 19.8 Å². The van der Waals surface area contributed by atoms with E-state index in [1.165, 1.54) is 25.7 Å². The van der Waals surface area contributed by atoms with E-state index in [2.05, 4.69) is 6.92 Å². The van der Waals surface area contributed by atoms with Crippen LogP contribution in [0.2, 0.25) is 0 Å². The number of carbonyl (C=O) groups is 1. The van der Waals surface area contributed by atoms with Gasteiger partial charge >= 0.3 is 0 Å². The highest BCUT2D eigenvalue weighted by atomic mass is 16.5. The Morgan fingerprint density at radius 1 is 1.10 bits per heavy atom. The average molecular weight is 292 g/mol. The van der Waals surface area contributed by atoms with E-state index < -0.39 is 0 Å². The predicted molar refractivity (Wildman–Crippen MR) is 85.6 cm³/mol. The van der Waals surface area contributed by atoms with Crippen LogP contribution in [-0.2, 0) is 16.1 Å². The van der Waals surface area contributed by atoms with Gasteiger partial charge in [0.1, 0.15) is 12.0 Å². The van der Waals surface area contributed by atoms with Crippen LogP contribution in [-0.4, -0.2) is 19.5 Å². The Labute approximate surface area is 128 Å². The number of unbranched alkanes of at least 4 members (excludes halogenated alkanes) is 4. The van der Waals surface area contributed by atoms with Crippen LogP contribution in [0, 0.1) is 0 Å². The van der Waals surface area contributed by atoms with Crippen LogP contribution in [0.25, 0.3) is 0 Å². The van der Waals surface area contributed by atoms with Crippen molar-refractivity contribution in [2.24, 2.45) is 0 Å². The highest BCUT2D eigenvalue weighted by molar-refractivity contribution is 5.50. The summed E-state index contributed by atoms with van der Waals surface area (Å²) in [4.78, 5) is 10.7. The number of carbonyl (C=O) groups excluding carboxylic acids is 1. The van der Waals surface area contributed by atoms with E-state index >= 15 is 0 Å². The molecular formula is C18H28O3. The van der Waals surface area contributed by atoms with Gasteiger partial charge in [-0.25, -0.2) is 0 Å². The standard InChI is InChI=1S/C18H28O3/c1-3-4-5-6-7-8-18(13-14-19)21-15-16-9-11-17(20-2)12-10-16/h9-12,14,18H,3-8,13,15H2,1-2H3. The molecule has 3 nitrogen and oxygen atoms in total. The Balaban J connectivity index is 2.30. The van der Waals surface area contributed by atoms with Crippen LogP contribution < -0.4 is 4.74 Å². The molecule has 0 aliphatic heterocycles. The van der Waals surface area contributed by atoms with Gasteiger partial charge in [0.2, 0.25) is 0 Å². The molecule has 1 aromatic carbocycles. The first-order valence-corrected chi connectivity index (χ1v) is 7.98. The van der Waals surface area contributed by atoms with Gasteiger partial charge in [0, 0.05) is 6.42 Å². The summed E-state index contributed by atoms with van der Waals surface area (Å²) < 4.78 is 11.0. The molecule has 0 aromatic heterocycles. The van der Waals surface area contributed by atoms with Gasteiger partial charge in [-0.3, -0.25) is 0 Å². The topological polar surface area (TPSA) is 35.5 Å². The maximum atomic E-state index is 10.7. The molecule has 0 aliphatic carbocycles. The minimum absolute atomic E-state index is 0.0474. The zero-order valence-electron chi connectivity index (χ0n) is 13.3. The molecule has 0 N–H and O–H groups in total. The molecule has 118 valence electrons. The van der Waals surface area contributed by atoms with Crippen molar-refractivity contribution in [2.75, 3.05) is 7.11 Å². The van der Waals surface area contributed by atoms with Crippen molar-refractivity contribution >= 4 is 6.29 Å². The second kappa shape index (κ2) is 11.3. The summed E-state index contributed by atoms with van der Waals surface area (Å²) in [7, 11) is 1.66. The molecule has 21 heavy (non-hydrogen) atoms. The lowest BCUT2D eigenvalue weighted by Gasteiger charge is -2.15. The number of methoxy groups -OCH3 is 1. The third-order valence-corrected chi connectivity index (χ3v) is 3.63. The van der Waals surface area contributed by atoms with Gasteiger partial charge < -0.3 is 14.3 Å². The Morgan fingerprint density at radius 3 is 2.43 bits per heavy atom. The Bertz CT molecular complexity index is 373. The summed E-state index contributed by atoms with van der Waals surface area (Å²) >= 11 is 0. The maximum Gasteiger partial charge on any atom is 0.122 e. The maximum absolute atomic E-state index is 10.7. The Hall–Kier alpha value is -1.35. The van der Waals surface area contributed by atoms with E-state index in [0.717, 1.165) is 30.4 Å². The van der Waals surface area contributed by atoms with Crippen molar-refractivity contribution in [3.8, 4) is 5.75 Å². The molecule has 1 aromatic rings. The van der Waals surface area contributed by atoms with Crippen LogP contribution in [0.5, 0.6) is 5.75 Å². The molecule has 3 heteroatoms. The lowest BCUT2D eigenvalue weighted by Crippen LogP contribution is -2.13. The minimum atomic E-state index is 0.0474. The van der Waals surface area contributed by atoms with Gasteiger partial charge in [0.15, 0.2) is 0 Å². The number of aldehydes is 1. The first-order valence-electron chi connectivity index (χ1n) is 7.98. The normalized spacial score (nSPS) is 12.1. The largest absolute Gasteiger partial charge is 0.497 e. The molecule has 0 amide bonds. The van der Waals surface area contributed by atoms with E-state index in [-0.39, 0.29) is 6.10 Å². The molecule has 0 saturated heterocycles. The fraction of sp³-hybridized carbons (Fsp3) is 0.611. The lowest BCUT2D eigenvalue weighted by molar-refractivity contribution is -0.110. The average Bonchev–Trinajstić information content (AvgIpc) is 2.52. The van der Waals surface area contributed by atoms with Crippen LogP contribution in [0.1, 0.15) is 57.4 Å². The second-order valence-corrected chi connectivity index (χ2v) is 5.39. The summed E-state index contributed by atoms with van der Waals surface area (Å²) in [6.45, 7) is 2.77. The van der Waals surface area contributed by atoms with Crippen molar-refractivity contribution in [3.05, 3.63) is 29.8 Å². The highest BCUT2D eigenvalue weighted by Gasteiger charge is 2.09. The van der Waals surface area contributed by atoms with E-state index in [0.29, 0.717) is 13.0 Å². The number of hydrogen-bond acceptors (Lipinski definition) is 3. The van der Waals surface area contributed by atoms with E-state index in [1.54, 1.807) is 7.11 Å². The van der Waals surface area contributed by atoms with Crippen LogP contribution >= 0.6 is 0 Å². The fourth-order valence-electron chi connectivity index (χ4n) is 2.29. The predicted octanol–water partition coefficient (Wildman–Crippen LogP) is 4.53. The molecule has 1 rings (SSSR count). The smallest absolute Gasteiger partial charge is 0.122 e. The van der Waals surface area contributed by atoms with Crippen LogP contribution in [0.3, 0.4) is 0 Å². The molecule has 0 aliphatic rings. The summed E-state index contributed by atoms with van der Waals surface area (Å²) in [6.07, 6.45) is 8.68. The number of hydrogen-bond donors (Lipinski definition) is 0. The molecule has 1 atom stereocenters. The lowest BCUT2D eigenvalue weighted by atomic mass is 10.1. The first-order chi connectivity index (χ1) is 10.3. The van der Waals surface area contributed by atoms with Gasteiger partial charge in [0.25, 0.3) is 0 Å². The van der Waals surface area contributed by atoms with Crippen LogP contribution in [0.15, 0.2) is 24.3 Å². The number of rotatable bonds is 12. The van der Waals surface area contributed by atoms with E-state index in [9.17, 15) is 4.79 Å². The van der Waals surface area contributed by atoms with E-state index in [4.69, 9.17) is 9.47 Å². The van der Waals surface area contributed by atoms with Crippen molar-refractivity contribution < 1.29 is 14.3 Å². The third kappa shape index (κ3) is 7.86. The molecular weight excluding hydrogens is 264 g/mol. The molecule has 0 saturated carbocycles. The minimum Gasteiger partial charge on any atom is -0.497 e. The van der Waals surface area contributed by atoms with E-state index in [1.807, 2.05) is 24.3 Å². The van der Waals surface area contributed by atoms with Gasteiger partial charge in [-0.2, -0.15) is 0 Å². The molecule has 0 bridgehead atoms. The zero-order chi connectivity index (χ0) is 15.3. The SMILES string of the molecule is CCCCCCCC(CC=O)OCc1ccc(OC)cc1. The summed E-state index contributed by atoms with van der Waals surface area (Å²) in [5.41, 5.74) is 1.11. The Kier molecular flexibility index (Phi) is 9.55. The highest BCUT2D eigenvalue weighted by Crippen LogP contribution is 2.16. The molecule has 0 spiro atoms. The van der Waals surface area contributed by atoms with Gasteiger partial charge in [-0.05, 0) is 24.1 Å². The summed E-state index contributed by atoms with van der Waals surface area (Å²) in [5.74, 6) is 0.846. The monoisotopic (exact) mass is 292 g/mol. The zero-order valence-corrected chi connectivity index (χ0v) is 13.3. The third-order valence-electron chi connectivity index (χ3n) is 3.63. The van der Waals surface area contributed by atoms with Crippen molar-refractivity contribution in [2.45, 2.75) is 64.6 Å². The fourth-order valence-corrected chi connectivity index (χ4v) is 2.29. The molecule has 1 unspecified atom stereocenters. The summed E-state index contributed by atoms with van der Waals surface area (Å²) in [6, 6.07) is 7.85. The Morgan fingerprint density at radius 2 is 1.81 bits per heavy atom. The first kappa shape index (κ1) is 17.7. The quantitative estimate of drug-likeness (QED) is 0.419. The van der Waals surface area contributed by atoms with Crippen molar-refractivity contribution in [3.63, 3.8) is 0 Å².